The smallest absolute Gasteiger partial charge is 0.227 e. The Labute approximate surface area is 154 Å². The Bertz CT molecular complexity index is 626. The van der Waals surface area contributed by atoms with E-state index >= 15 is 0 Å². The fourth-order valence-electron chi connectivity index (χ4n) is 3.79. The molecule has 1 aliphatic heterocycles. The lowest BCUT2D eigenvalue weighted by atomic mass is 9.86. The largest absolute Gasteiger partial charge is 0.343 e. The van der Waals surface area contributed by atoms with Gasteiger partial charge in [-0.25, -0.2) is 0 Å². The first-order valence-electron chi connectivity index (χ1n) is 9.34. The van der Waals surface area contributed by atoms with Gasteiger partial charge in [-0.05, 0) is 43.7 Å². The van der Waals surface area contributed by atoms with Crippen LogP contribution in [0.5, 0.6) is 0 Å². The average molecular weight is 361 g/mol. The van der Waals surface area contributed by atoms with E-state index in [2.05, 4.69) is 13.0 Å². The van der Waals surface area contributed by atoms with E-state index < -0.39 is 0 Å². The van der Waals surface area contributed by atoms with Gasteiger partial charge in [-0.2, -0.15) is 0 Å². The zero-order valence-electron chi connectivity index (χ0n) is 15.2. The number of nitrogens with zero attached hydrogens (tertiary/aromatic N) is 2. The number of carbonyl (C=O) groups excluding carboxylic acids is 2. The summed E-state index contributed by atoms with van der Waals surface area (Å²) in [6, 6.07) is 8.38. The van der Waals surface area contributed by atoms with Crippen molar-refractivity contribution in [1.82, 2.24) is 4.90 Å². The van der Waals surface area contributed by atoms with E-state index in [9.17, 15) is 9.59 Å². The maximum absolute atomic E-state index is 12.7. The Morgan fingerprint density at radius 2 is 1.88 bits per heavy atom. The summed E-state index contributed by atoms with van der Waals surface area (Å²) in [7, 11) is 1.90. The number of benzene rings is 1. The highest BCUT2D eigenvalue weighted by Crippen LogP contribution is 2.34. The van der Waals surface area contributed by atoms with Crippen LogP contribution in [0.15, 0.2) is 29.2 Å². The molecule has 1 aromatic carbocycles. The van der Waals surface area contributed by atoms with Gasteiger partial charge in [0, 0.05) is 43.1 Å². The number of fused-ring (bicyclic) bond motifs is 1. The van der Waals surface area contributed by atoms with Gasteiger partial charge in [-0.3, -0.25) is 9.59 Å². The molecule has 0 atom stereocenters. The quantitative estimate of drug-likeness (QED) is 0.816. The third-order valence-corrected chi connectivity index (χ3v) is 6.55. The lowest BCUT2D eigenvalue weighted by molar-refractivity contribution is -0.134. The zero-order chi connectivity index (χ0) is 17.8. The van der Waals surface area contributed by atoms with Crippen LogP contribution in [0.2, 0.25) is 0 Å². The second-order valence-electron chi connectivity index (χ2n) is 7.28. The van der Waals surface area contributed by atoms with Crippen LogP contribution in [0, 0.1) is 5.92 Å². The van der Waals surface area contributed by atoms with Crippen molar-refractivity contribution in [2.24, 2.45) is 5.92 Å². The van der Waals surface area contributed by atoms with Crippen molar-refractivity contribution in [2.75, 3.05) is 24.2 Å². The third kappa shape index (κ3) is 4.38. The fourth-order valence-corrected chi connectivity index (χ4v) is 4.78. The lowest BCUT2D eigenvalue weighted by Gasteiger charge is -2.34. The van der Waals surface area contributed by atoms with Crippen LogP contribution in [0.25, 0.3) is 0 Å². The number of amides is 2. The second-order valence-corrected chi connectivity index (χ2v) is 8.42. The molecule has 3 rings (SSSR count). The van der Waals surface area contributed by atoms with Crippen LogP contribution >= 0.6 is 11.8 Å². The number of anilines is 1. The van der Waals surface area contributed by atoms with E-state index in [1.165, 1.54) is 12.8 Å². The van der Waals surface area contributed by atoms with Crippen molar-refractivity contribution in [3.63, 3.8) is 0 Å². The maximum Gasteiger partial charge on any atom is 0.227 e. The van der Waals surface area contributed by atoms with E-state index in [1.54, 1.807) is 11.8 Å². The molecule has 1 saturated carbocycles. The average Bonchev–Trinajstić information content (AvgIpc) is 2.65. The Morgan fingerprint density at radius 3 is 2.64 bits per heavy atom. The van der Waals surface area contributed by atoms with Crippen LogP contribution in [0.3, 0.4) is 0 Å². The molecule has 1 fully saturated rings. The van der Waals surface area contributed by atoms with Crippen LogP contribution < -0.4 is 4.90 Å². The number of thioether (sulfide) groups is 1. The van der Waals surface area contributed by atoms with Gasteiger partial charge in [0.25, 0.3) is 0 Å². The molecular weight excluding hydrogens is 332 g/mol. The van der Waals surface area contributed by atoms with Gasteiger partial charge in [0.2, 0.25) is 11.8 Å². The first-order valence-corrected chi connectivity index (χ1v) is 10.3. The van der Waals surface area contributed by atoms with Gasteiger partial charge in [0.1, 0.15) is 0 Å². The normalized spacial score (nSPS) is 23.0. The SMILES string of the molecule is CC1CCC(N(C)C(=O)CCC(=O)N2CCSc3ccccc32)CC1. The van der Waals surface area contributed by atoms with Crippen molar-refractivity contribution < 1.29 is 9.59 Å². The lowest BCUT2D eigenvalue weighted by Crippen LogP contribution is -2.40. The maximum atomic E-state index is 12.7. The first-order chi connectivity index (χ1) is 12.1. The van der Waals surface area contributed by atoms with Crippen molar-refractivity contribution in [3.05, 3.63) is 24.3 Å². The van der Waals surface area contributed by atoms with Crippen LogP contribution in [0.1, 0.15) is 45.4 Å². The Kier molecular flexibility index (Phi) is 6.05. The van der Waals surface area contributed by atoms with E-state index in [4.69, 9.17) is 0 Å². The molecule has 25 heavy (non-hydrogen) atoms. The highest BCUT2D eigenvalue weighted by atomic mass is 32.2. The molecule has 2 aliphatic rings. The summed E-state index contributed by atoms with van der Waals surface area (Å²) < 4.78 is 0. The van der Waals surface area contributed by atoms with Crippen LogP contribution in [0.4, 0.5) is 5.69 Å². The summed E-state index contributed by atoms with van der Waals surface area (Å²) in [6.07, 6.45) is 5.19. The molecule has 0 N–H and O–H groups in total. The molecule has 0 saturated heterocycles. The summed E-state index contributed by atoms with van der Waals surface area (Å²) in [5.41, 5.74) is 0.992. The zero-order valence-corrected chi connectivity index (χ0v) is 16.1. The summed E-state index contributed by atoms with van der Waals surface area (Å²) in [5, 5.41) is 0. The molecular formula is C20H28N2O2S. The molecule has 0 bridgehead atoms. The predicted octanol–water partition coefficient (Wildman–Crippen LogP) is 3.94. The molecule has 2 amide bonds. The van der Waals surface area contributed by atoms with E-state index in [0.717, 1.165) is 41.6 Å². The number of hydrogen-bond donors (Lipinski definition) is 0. The Morgan fingerprint density at radius 1 is 1.16 bits per heavy atom. The van der Waals surface area contributed by atoms with Gasteiger partial charge in [0.05, 0.1) is 5.69 Å². The van der Waals surface area contributed by atoms with Gasteiger partial charge in [-0.15, -0.1) is 11.8 Å². The molecule has 136 valence electrons. The highest BCUT2D eigenvalue weighted by Gasteiger charge is 2.27. The summed E-state index contributed by atoms with van der Waals surface area (Å²) in [4.78, 5) is 30.1. The molecule has 0 spiro atoms. The minimum Gasteiger partial charge on any atom is -0.343 e. The van der Waals surface area contributed by atoms with Crippen molar-refractivity contribution in [2.45, 2.75) is 56.4 Å². The first kappa shape index (κ1) is 18.3. The minimum absolute atomic E-state index is 0.0618. The second kappa shape index (κ2) is 8.26. The summed E-state index contributed by atoms with van der Waals surface area (Å²) in [6.45, 7) is 3.01. The molecule has 0 radical (unpaired) electrons. The third-order valence-electron chi connectivity index (χ3n) is 5.51. The monoisotopic (exact) mass is 360 g/mol. The van der Waals surface area contributed by atoms with Gasteiger partial charge in [-0.1, -0.05) is 19.1 Å². The molecule has 5 heteroatoms. The van der Waals surface area contributed by atoms with Crippen LogP contribution in [-0.4, -0.2) is 42.1 Å². The van der Waals surface area contributed by atoms with Crippen LogP contribution in [-0.2, 0) is 9.59 Å². The predicted molar refractivity (Wildman–Crippen MR) is 103 cm³/mol. The number of para-hydroxylation sites is 1. The Balaban J connectivity index is 1.53. The fraction of sp³-hybridized carbons (Fsp3) is 0.600. The number of carbonyl (C=O) groups is 2. The minimum atomic E-state index is 0.0618. The van der Waals surface area contributed by atoms with E-state index in [-0.39, 0.29) is 11.8 Å². The van der Waals surface area contributed by atoms with Crippen molar-refractivity contribution in [3.8, 4) is 0 Å². The van der Waals surface area contributed by atoms with E-state index in [0.29, 0.717) is 18.9 Å². The van der Waals surface area contributed by atoms with Crippen molar-refractivity contribution >= 4 is 29.3 Å². The molecule has 0 aromatic heterocycles. The molecule has 1 aliphatic carbocycles. The van der Waals surface area contributed by atoms with Gasteiger partial charge >= 0.3 is 0 Å². The summed E-state index contributed by atoms with van der Waals surface area (Å²) in [5.74, 6) is 1.86. The summed E-state index contributed by atoms with van der Waals surface area (Å²) >= 11 is 1.79. The Hall–Kier alpha value is -1.49. The van der Waals surface area contributed by atoms with Gasteiger partial charge in [0.15, 0.2) is 0 Å². The standard InChI is InChI=1S/C20H28N2O2S/c1-15-7-9-16(10-8-15)21(2)19(23)11-12-20(24)22-13-14-25-18-6-4-3-5-17(18)22/h3-6,15-16H,7-14H2,1-2H3. The topological polar surface area (TPSA) is 40.6 Å². The highest BCUT2D eigenvalue weighted by molar-refractivity contribution is 7.99. The molecule has 0 unspecified atom stereocenters. The van der Waals surface area contributed by atoms with Crippen molar-refractivity contribution in [1.29, 1.82) is 0 Å². The number of hydrogen-bond acceptors (Lipinski definition) is 3. The molecule has 1 aromatic rings. The number of rotatable bonds is 4. The molecule has 1 heterocycles. The van der Waals surface area contributed by atoms with E-state index in [1.807, 2.05) is 35.0 Å². The van der Waals surface area contributed by atoms with Gasteiger partial charge < -0.3 is 9.80 Å². The molecule has 4 nitrogen and oxygen atoms in total.